The van der Waals surface area contributed by atoms with Gasteiger partial charge in [0.2, 0.25) is 0 Å². The van der Waals surface area contributed by atoms with Gasteiger partial charge in [-0.2, -0.15) is 0 Å². The van der Waals surface area contributed by atoms with Crippen LogP contribution in [0.3, 0.4) is 0 Å². The van der Waals surface area contributed by atoms with Crippen LogP contribution in [0.4, 0.5) is 0 Å². The molecule has 1 heterocycles. The van der Waals surface area contributed by atoms with Crippen molar-refractivity contribution in [2.75, 3.05) is 0 Å². The molecule has 1 saturated carbocycles. The number of aliphatic hydroxyl groups is 1. The van der Waals surface area contributed by atoms with Crippen molar-refractivity contribution in [2.24, 2.45) is 0 Å². The minimum absolute atomic E-state index is 0.609. The van der Waals surface area contributed by atoms with Gasteiger partial charge in [0.15, 0.2) is 0 Å². The van der Waals surface area contributed by atoms with Gasteiger partial charge in [-0.25, -0.2) is 0 Å². The van der Waals surface area contributed by atoms with E-state index in [0.29, 0.717) is 0 Å². The molecule has 1 fully saturated rings. The van der Waals surface area contributed by atoms with E-state index in [0.717, 1.165) is 25.6 Å². The smallest absolute Gasteiger partial charge is 0.0608 e. The third-order valence-electron chi connectivity index (χ3n) is 4.03. The Morgan fingerprint density at radius 1 is 1.30 bits per heavy atom. The molecule has 0 amide bonds. The van der Waals surface area contributed by atoms with E-state index < -0.39 is 5.60 Å². The molecule has 1 aliphatic rings. The van der Waals surface area contributed by atoms with Crippen molar-refractivity contribution in [1.82, 2.24) is 9.88 Å². The molecule has 0 spiro atoms. The molecule has 1 aromatic carbocycles. The van der Waals surface area contributed by atoms with Crippen LogP contribution in [0.15, 0.2) is 30.5 Å². The number of hydrogen-bond donors (Lipinski definition) is 2. The molecule has 1 aliphatic carbocycles. The molecule has 3 heteroatoms. The van der Waals surface area contributed by atoms with Gasteiger partial charge >= 0.3 is 0 Å². The molecule has 1 aromatic heterocycles. The van der Waals surface area contributed by atoms with Crippen molar-refractivity contribution in [2.45, 2.75) is 57.8 Å². The summed E-state index contributed by atoms with van der Waals surface area (Å²) < 4.78 is 2.24. The highest BCUT2D eigenvalue weighted by atomic mass is 16.3. The molecule has 0 radical (unpaired) electrons. The molecular weight excluding hydrogens is 248 g/mol. The fourth-order valence-corrected chi connectivity index (χ4v) is 2.57. The maximum absolute atomic E-state index is 9.87. The normalized spacial score (nSPS) is 15.9. The molecule has 0 aliphatic heterocycles. The maximum atomic E-state index is 9.87. The Morgan fingerprint density at radius 2 is 2.10 bits per heavy atom. The summed E-state index contributed by atoms with van der Waals surface area (Å²) >= 11 is 0. The molecule has 108 valence electrons. The predicted molar refractivity (Wildman–Crippen MR) is 82.7 cm³/mol. The van der Waals surface area contributed by atoms with Crippen LogP contribution in [0.1, 0.15) is 38.7 Å². The maximum Gasteiger partial charge on any atom is 0.0608 e. The van der Waals surface area contributed by atoms with E-state index in [4.69, 9.17) is 0 Å². The molecular formula is C17H24N2O. The van der Waals surface area contributed by atoms with Crippen LogP contribution in [0.5, 0.6) is 0 Å². The first-order chi connectivity index (χ1) is 9.53. The lowest BCUT2D eigenvalue weighted by atomic mass is 10.1. The Bertz CT molecular complexity index is 591. The molecule has 0 atom stereocenters. The van der Waals surface area contributed by atoms with Gasteiger partial charge in [0.25, 0.3) is 0 Å². The Hall–Kier alpha value is -1.32. The summed E-state index contributed by atoms with van der Waals surface area (Å²) in [5.41, 5.74) is 2.03. The fourth-order valence-electron chi connectivity index (χ4n) is 2.57. The van der Waals surface area contributed by atoms with Crippen molar-refractivity contribution in [3.63, 3.8) is 0 Å². The Balaban J connectivity index is 1.78. The van der Waals surface area contributed by atoms with Crippen LogP contribution < -0.4 is 5.32 Å². The zero-order chi connectivity index (χ0) is 14.2. The summed E-state index contributed by atoms with van der Waals surface area (Å²) in [6.45, 7) is 5.54. The zero-order valence-corrected chi connectivity index (χ0v) is 12.4. The van der Waals surface area contributed by atoms with Gasteiger partial charge in [-0.05, 0) is 50.8 Å². The quantitative estimate of drug-likeness (QED) is 0.848. The molecule has 0 unspecified atom stereocenters. The number of nitrogens with zero attached hydrogens (tertiary/aromatic N) is 1. The first-order valence-corrected chi connectivity index (χ1v) is 7.55. The third-order valence-corrected chi connectivity index (χ3v) is 4.03. The highest BCUT2D eigenvalue weighted by Gasteiger charge is 2.20. The summed E-state index contributed by atoms with van der Waals surface area (Å²) in [6.07, 6.45) is 5.55. The molecule has 2 N–H and O–H groups in total. The highest BCUT2D eigenvalue weighted by molar-refractivity contribution is 5.83. The monoisotopic (exact) mass is 272 g/mol. The van der Waals surface area contributed by atoms with Crippen molar-refractivity contribution in [3.8, 4) is 0 Å². The van der Waals surface area contributed by atoms with E-state index in [2.05, 4.69) is 40.3 Å². The molecule has 0 saturated heterocycles. The summed E-state index contributed by atoms with van der Waals surface area (Å²) in [7, 11) is 0. The number of nitrogens with one attached hydrogen (secondary N) is 1. The van der Waals surface area contributed by atoms with Gasteiger partial charge in [-0.1, -0.05) is 12.1 Å². The molecule has 0 bridgehead atoms. The molecule has 20 heavy (non-hydrogen) atoms. The topological polar surface area (TPSA) is 37.2 Å². The molecule has 3 nitrogen and oxygen atoms in total. The van der Waals surface area contributed by atoms with E-state index in [1.807, 2.05) is 13.8 Å². The largest absolute Gasteiger partial charge is 0.390 e. The van der Waals surface area contributed by atoms with Gasteiger partial charge < -0.3 is 15.0 Å². The lowest BCUT2D eigenvalue weighted by Crippen LogP contribution is -2.20. The van der Waals surface area contributed by atoms with Crippen LogP contribution in [-0.2, 0) is 13.1 Å². The lowest BCUT2D eigenvalue weighted by molar-refractivity contribution is 0.0666. The number of fused-ring (bicyclic) bond motifs is 1. The van der Waals surface area contributed by atoms with E-state index in [-0.39, 0.29) is 0 Å². The first kappa shape index (κ1) is 13.7. The summed E-state index contributed by atoms with van der Waals surface area (Å²) in [4.78, 5) is 0. The fraction of sp³-hybridized carbons (Fsp3) is 0.529. The average molecular weight is 272 g/mol. The Kier molecular flexibility index (Phi) is 3.57. The SMILES string of the molecule is CC(C)(O)CCn1ccc2c(CNC3CC3)cccc21. The second-order valence-corrected chi connectivity index (χ2v) is 6.58. The number of aromatic nitrogens is 1. The second-order valence-electron chi connectivity index (χ2n) is 6.58. The molecule has 2 aromatic rings. The summed E-state index contributed by atoms with van der Waals surface area (Å²) in [6, 6.07) is 9.44. The number of hydrogen-bond acceptors (Lipinski definition) is 2. The first-order valence-electron chi connectivity index (χ1n) is 7.55. The van der Waals surface area contributed by atoms with E-state index >= 15 is 0 Å². The van der Waals surface area contributed by atoms with Gasteiger partial charge in [-0.3, -0.25) is 0 Å². The average Bonchev–Trinajstić information content (AvgIpc) is 3.12. The highest BCUT2D eigenvalue weighted by Crippen LogP contribution is 2.24. The van der Waals surface area contributed by atoms with E-state index in [1.165, 1.54) is 29.3 Å². The minimum Gasteiger partial charge on any atom is -0.390 e. The minimum atomic E-state index is -0.609. The number of aryl methyl sites for hydroxylation is 1. The second kappa shape index (κ2) is 5.23. The summed E-state index contributed by atoms with van der Waals surface area (Å²) in [5.74, 6) is 0. The Labute approximate surface area is 120 Å². The van der Waals surface area contributed by atoms with Crippen molar-refractivity contribution in [3.05, 3.63) is 36.0 Å². The number of rotatable bonds is 6. The zero-order valence-electron chi connectivity index (χ0n) is 12.4. The van der Waals surface area contributed by atoms with Crippen LogP contribution in [0.25, 0.3) is 10.9 Å². The van der Waals surface area contributed by atoms with Gasteiger partial charge in [0.05, 0.1) is 5.60 Å². The van der Waals surface area contributed by atoms with Crippen molar-refractivity contribution in [1.29, 1.82) is 0 Å². The van der Waals surface area contributed by atoms with Crippen LogP contribution in [-0.4, -0.2) is 21.3 Å². The van der Waals surface area contributed by atoms with Gasteiger partial charge in [-0.15, -0.1) is 0 Å². The van der Waals surface area contributed by atoms with E-state index in [9.17, 15) is 5.11 Å². The van der Waals surface area contributed by atoms with Gasteiger partial charge in [0.1, 0.15) is 0 Å². The standard InChI is InChI=1S/C17H24N2O/c1-17(2,20)9-11-19-10-8-15-13(4-3-5-16(15)19)12-18-14-6-7-14/h3-5,8,10,14,18,20H,6-7,9,11-12H2,1-2H3. The van der Waals surface area contributed by atoms with Crippen LogP contribution >= 0.6 is 0 Å². The van der Waals surface area contributed by atoms with E-state index in [1.54, 1.807) is 0 Å². The van der Waals surface area contributed by atoms with Crippen LogP contribution in [0, 0.1) is 0 Å². The van der Waals surface area contributed by atoms with Crippen LogP contribution in [0.2, 0.25) is 0 Å². The van der Waals surface area contributed by atoms with Crippen molar-refractivity contribution >= 4 is 10.9 Å². The third kappa shape index (κ3) is 3.22. The predicted octanol–water partition coefficient (Wildman–Crippen LogP) is 3.05. The number of benzene rings is 1. The summed E-state index contributed by atoms with van der Waals surface area (Å²) in [5, 5.41) is 14.8. The molecule has 3 rings (SSSR count). The van der Waals surface area contributed by atoms with Gasteiger partial charge in [0, 0.05) is 36.2 Å². The lowest BCUT2D eigenvalue weighted by Gasteiger charge is -2.17. The Morgan fingerprint density at radius 3 is 2.80 bits per heavy atom. The van der Waals surface area contributed by atoms with Crippen molar-refractivity contribution < 1.29 is 5.11 Å².